The van der Waals surface area contributed by atoms with Gasteiger partial charge in [0.1, 0.15) is 0 Å². The predicted molar refractivity (Wildman–Crippen MR) is 50.5 cm³/mol. The largest absolute Gasteiger partial charge is 0.379 e. The molecule has 76 valence electrons. The second-order valence-electron chi connectivity index (χ2n) is 2.93. The lowest BCUT2D eigenvalue weighted by molar-refractivity contribution is -0.127. The van der Waals surface area contributed by atoms with Crippen LogP contribution in [0.4, 0.5) is 0 Å². The number of morpholine rings is 1. The van der Waals surface area contributed by atoms with Crippen molar-refractivity contribution in [3.63, 3.8) is 0 Å². The minimum atomic E-state index is 0.0440. The molecule has 0 radical (unpaired) electrons. The highest BCUT2D eigenvalue weighted by molar-refractivity contribution is 6.17. The summed E-state index contributed by atoms with van der Waals surface area (Å²) in [5, 5.41) is 1.89. The minimum absolute atomic E-state index is 0.0440. The summed E-state index contributed by atoms with van der Waals surface area (Å²) in [6, 6.07) is 0. The van der Waals surface area contributed by atoms with E-state index in [-0.39, 0.29) is 5.91 Å². The third kappa shape index (κ3) is 4.45. The third-order valence-electron chi connectivity index (χ3n) is 1.83. The van der Waals surface area contributed by atoms with Crippen LogP contribution < -0.4 is 5.43 Å². The quantitative estimate of drug-likeness (QED) is 0.676. The number of carbonyl (C=O) groups is 1. The molecule has 0 aromatic rings. The van der Waals surface area contributed by atoms with E-state index in [1.807, 2.05) is 5.01 Å². The molecule has 4 nitrogen and oxygen atoms in total. The predicted octanol–water partition coefficient (Wildman–Crippen LogP) is 0.369. The molecule has 1 rings (SSSR count). The maximum Gasteiger partial charge on any atom is 0.234 e. The number of hydrogen-bond donors (Lipinski definition) is 1. The van der Waals surface area contributed by atoms with E-state index in [0.717, 1.165) is 19.5 Å². The zero-order valence-electron chi connectivity index (χ0n) is 7.59. The van der Waals surface area contributed by atoms with Gasteiger partial charge in [0, 0.05) is 25.4 Å². The van der Waals surface area contributed by atoms with Crippen molar-refractivity contribution in [3.8, 4) is 0 Å². The van der Waals surface area contributed by atoms with Gasteiger partial charge in [0.05, 0.1) is 13.2 Å². The van der Waals surface area contributed by atoms with Crippen molar-refractivity contribution in [2.24, 2.45) is 0 Å². The van der Waals surface area contributed by atoms with Gasteiger partial charge in [0.2, 0.25) is 5.91 Å². The molecule has 0 saturated carbocycles. The number of hydrogen-bond acceptors (Lipinski definition) is 3. The molecule has 0 aliphatic carbocycles. The molecular formula is C8H15ClN2O2. The van der Waals surface area contributed by atoms with E-state index in [0.29, 0.717) is 25.5 Å². The first kappa shape index (κ1) is 10.8. The van der Waals surface area contributed by atoms with E-state index in [1.165, 1.54) is 0 Å². The molecule has 1 amide bonds. The average Bonchev–Trinajstić information content (AvgIpc) is 2.16. The SMILES string of the molecule is O=C(CCCCl)NN1CCOCC1. The van der Waals surface area contributed by atoms with E-state index in [1.54, 1.807) is 0 Å². The Labute approximate surface area is 83.1 Å². The van der Waals surface area contributed by atoms with Crippen molar-refractivity contribution < 1.29 is 9.53 Å². The van der Waals surface area contributed by atoms with E-state index < -0.39 is 0 Å². The lowest BCUT2D eigenvalue weighted by Gasteiger charge is -2.26. The van der Waals surface area contributed by atoms with Crippen LogP contribution in [-0.4, -0.2) is 43.1 Å². The fraction of sp³-hybridized carbons (Fsp3) is 0.875. The van der Waals surface area contributed by atoms with E-state index in [4.69, 9.17) is 16.3 Å². The maximum absolute atomic E-state index is 11.2. The lowest BCUT2D eigenvalue weighted by atomic mass is 10.3. The first-order chi connectivity index (χ1) is 6.33. The van der Waals surface area contributed by atoms with Crippen LogP contribution in [0.25, 0.3) is 0 Å². The molecule has 1 N–H and O–H groups in total. The molecule has 0 unspecified atom stereocenters. The van der Waals surface area contributed by atoms with Crippen molar-refractivity contribution in [2.75, 3.05) is 32.2 Å². The number of alkyl halides is 1. The van der Waals surface area contributed by atoms with Crippen molar-refractivity contribution in [1.29, 1.82) is 0 Å². The van der Waals surface area contributed by atoms with Crippen LogP contribution in [0.3, 0.4) is 0 Å². The molecule has 1 aliphatic rings. The van der Waals surface area contributed by atoms with Gasteiger partial charge in [0.15, 0.2) is 0 Å². The first-order valence-corrected chi connectivity index (χ1v) is 5.04. The standard InChI is InChI=1S/C8H15ClN2O2/c9-3-1-2-8(12)10-11-4-6-13-7-5-11/h1-7H2,(H,10,12). The van der Waals surface area contributed by atoms with Gasteiger partial charge in [-0.25, -0.2) is 5.01 Å². The summed E-state index contributed by atoms with van der Waals surface area (Å²) < 4.78 is 5.15. The molecule has 0 aromatic heterocycles. The number of nitrogens with zero attached hydrogens (tertiary/aromatic N) is 1. The van der Waals surface area contributed by atoms with Gasteiger partial charge in [-0.3, -0.25) is 10.2 Å². The Hall–Kier alpha value is -0.320. The number of ether oxygens (including phenoxy) is 1. The number of nitrogens with one attached hydrogen (secondary N) is 1. The Bertz CT molecular complexity index is 160. The van der Waals surface area contributed by atoms with Crippen LogP contribution in [0.1, 0.15) is 12.8 Å². The highest BCUT2D eigenvalue weighted by Crippen LogP contribution is 1.95. The van der Waals surface area contributed by atoms with Crippen LogP contribution in [0.15, 0.2) is 0 Å². The molecule has 0 spiro atoms. The molecule has 0 atom stereocenters. The van der Waals surface area contributed by atoms with Crippen molar-refractivity contribution >= 4 is 17.5 Å². The van der Waals surface area contributed by atoms with Gasteiger partial charge in [-0.1, -0.05) is 0 Å². The van der Waals surface area contributed by atoms with Crippen molar-refractivity contribution in [3.05, 3.63) is 0 Å². The summed E-state index contributed by atoms with van der Waals surface area (Å²) in [4.78, 5) is 11.2. The minimum Gasteiger partial charge on any atom is -0.379 e. The van der Waals surface area contributed by atoms with Crippen LogP contribution in [-0.2, 0) is 9.53 Å². The fourth-order valence-electron chi connectivity index (χ4n) is 1.13. The Balaban J connectivity index is 2.11. The van der Waals surface area contributed by atoms with Gasteiger partial charge < -0.3 is 4.74 Å². The van der Waals surface area contributed by atoms with E-state index in [2.05, 4.69) is 5.43 Å². The van der Waals surface area contributed by atoms with E-state index >= 15 is 0 Å². The number of amides is 1. The van der Waals surface area contributed by atoms with Crippen LogP contribution >= 0.6 is 11.6 Å². The summed E-state index contributed by atoms with van der Waals surface area (Å²) in [6.45, 7) is 2.92. The lowest BCUT2D eigenvalue weighted by Crippen LogP contribution is -2.48. The molecule has 1 heterocycles. The van der Waals surface area contributed by atoms with Gasteiger partial charge in [-0.2, -0.15) is 0 Å². The van der Waals surface area contributed by atoms with Crippen molar-refractivity contribution in [1.82, 2.24) is 10.4 Å². The number of carbonyl (C=O) groups excluding carboxylic acids is 1. The first-order valence-electron chi connectivity index (χ1n) is 4.51. The monoisotopic (exact) mass is 206 g/mol. The molecular weight excluding hydrogens is 192 g/mol. The number of halogens is 1. The summed E-state index contributed by atoms with van der Waals surface area (Å²) in [5.74, 6) is 0.582. The zero-order chi connectivity index (χ0) is 9.52. The van der Waals surface area contributed by atoms with Gasteiger partial charge >= 0.3 is 0 Å². The number of hydrazine groups is 1. The summed E-state index contributed by atoms with van der Waals surface area (Å²) >= 11 is 5.47. The molecule has 1 aliphatic heterocycles. The average molecular weight is 207 g/mol. The van der Waals surface area contributed by atoms with Crippen LogP contribution in [0.5, 0.6) is 0 Å². The molecule has 0 aromatic carbocycles. The number of rotatable bonds is 4. The second kappa shape index (κ2) is 6.18. The molecule has 1 saturated heterocycles. The maximum atomic E-state index is 11.2. The van der Waals surface area contributed by atoms with Crippen molar-refractivity contribution in [2.45, 2.75) is 12.8 Å². The highest BCUT2D eigenvalue weighted by Gasteiger charge is 2.11. The summed E-state index contributed by atoms with van der Waals surface area (Å²) in [7, 11) is 0. The highest BCUT2D eigenvalue weighted by atomic mass is 35.5. The van der Waals surface area contributed by atoms with Gasteiger partial charge in [-0.15, -0.1) is 11.6 Å². The Kier molecular flexibility index (Phi) is 5.12. The van der Waals surface area contributed by atoms with Crippen LogP contribution in [0, 0.1) is 0 Å². The molecule has 1 fully saturated rings. The Morgan fingerprint density at radius 2 is 2.15 bits per heavy atom. The second-order valence-corrected chi connectivity index (χ2v) is 3.30. The third-order valence-corrected chi connectivity index (χ3v) is 2.10. The smallest absolute Gasteiger partial charge is 0.234 e. The van der Waals surface area contributed by atoms with Gasteiger partial charge in [0.25, 0.3) is 0 Å². The Morgan fingerprint density at radius 3 is 2.77 bits per heavy atom. The fourth-order valence-corrected chi connectivity index (χ4v) is 1.27. The molecule has 5 heteroatoms. The molecule has 13 heavy (non-hydrogen) atoms. The zero-order valence-corrected chi connectivity index (χ0v) is 8.35. The summed E-state index contributed by atoms with van der Waals surface area (Å²) in [6.07, 6.45) is 1.23. The summed E-state index contributed by atoms with van der Waals surface area (Å²) in [5.41, 5.74) is 2.81. The normalized spacial score (nSPS) is 18.5. The van der Waals surface area contributed by atoms with E-state index in [9.17, 15) is 4.79 Å². The molecule has 0 bridgehead atoms. The topological polar surface area (TPSA) is 41.6 Å². The Morgan fingerprint density at radius 1 is 1.46 bits per heavy atom. The van der Waals surface area contributed by atoms with Crippen LogP contribution in [0.2, 0.25) is 0 Å². The van der Waals surface area contributed by atoms with Gasteiger partial charge in [-0.05, 0) is 6.42 Å².